The molecule has 0 spiro atoms. The van der Waals surface area contributed by atoms with Crippen molar-refractivity contribution >= 4 is 17.3 Å². The summed E-state index contributed by atoms with van der Waals surface area (Å²) in [6.45, 7) is 2.26. The van der Waals surface area contributed by atoms with Gasteiger partial charge in [-0.25, -0.2) is 0 Å². The van der Waals surface area contributed by atoms with E-state index in [9.17, 15) is 0 Å². The SMILES string of the molecule is CC1CCCCC1NC(N)=S. The van der Waals surface area contributed by atoms with E-state index >= 15 is 0 Å². The summed E-state index contributed by atoms with van der Waals surface area (Å²) in [6, 6.07) is 0.529. The van der Waals surface area contributed by atoms with Gasteiger partial charge in [0.2, 0.25) is 0 Å². The van der Waals surface area contributed by atoms with Crippen LogP contribution in [-0.2, 0) is 0 Å². The number of hydrogen-bond acceptors (Lipinski definition) is 1. The van der Waals surface area contributed by atoms with E-state index in [-0.39, 0.29) is 0 Å². The maximum atomic E-state index is 5.41. The van der Waals surface area contributed by atoms with Crippen LogP contribution in [0.1, 0.15) is 32.6 Å². The Morgan fingerprint density at radius 2 is 2.09 bits per heavy atom. The van der Waals surface area contributed by atoms with Gasteiger partial charge in [-0.3, -0.25) is 0 Å². The number of hydrogen-bond donors (Lipinski definition) is 2. The van der Waals surface area contributed by atoms with Crippen molar-refractivity contribution in [3.05, 3.63) is 0 Å². The maximum absolute atomic E-state index is 5.41. The highest BCUT2D eigenvalue weighted by molar-refractivity contribution is 7.80. The van der Waals surface area contributed by atoms with E-state index < -0.39 is 0 Å². The van der Waals surface area contributed by atoms with Crippen LogP contribution >= 0.6 is 12.2 Å². The zero-order chi connectivity index (χ0) is 8.27. The third-order valence-corrected chi connectivity index (χ3v) is 2.56. The molecule has 0 radical (unpaired) electrons. The molecular formula is C8H16N2S. The van der Waals surface area contributed by atoms with Crippen LogP contribution in [0.5, 0.6) is 0 Å². The van der Waals surface area contributed by atoms with Gasteiger partial charge in [0.1, 0.15) is 0 Å². The fourth-order valence-corrected chi connectivity index (χ4v) is 1.86. The molecule has 0 aromatic carbocycles. The Morgan fingerprint density at radius 1 is 1.45 bits per heavy atom. The van der Waals surface area contributed by atoms with Gasteiger partial charge in [0.25, 0.3) is 0 Å². The molecule has 1 rings (SSSR count). The molecule has 1 aliphatic rings. The second-order valence-electron chi connectivity index (χ2n) is 3.38. The van der Waals surface area contributed by atoms with Gasteiger partial charge >= 0.3 is 0 Å². The van der Waals surface area contributed by atoms with Crippen LogP contribution in [0.2, 0.25) is 0 Å². The molecule has 0 aromatic heterocycles. The molecule has 0 amide bonds. The lowest BCUT2D eigenvalue weighted by molar-refractivity contribution is 0.309. The zero-order valence-electron chi connectivity index (χ0n) is 6.97. The molecule has 2 nitrogen and oxygen atoms in total. The van der Waals surface area contributed by atoms with Gasteiger partial charge in [-0.15, -0.1) is 0 Å². The molecular weight excluding hydrogens is 156 g/mol. The van der Waals surface area contributed by atoms with Gasteiger partial charge in [-0.1, -0.05) is 19.8 Å². The Balaban J connectivity index is 2.35. The first kappa shape index (κ1) is 8.78. The van der Waals surface area contributed by atoms with Crippen LogP contribution in [0.3, 0.4) is 0 Å². The Labute approximate surface area is 73.5 Å². The lowest BCUT2D eigenvalue weighted by Gasteiger charge is -2.29. The normalized spacial score (nSPS) is 31.4. The Kier molecular flexibility index (Phi) is 3.12. The van der Waals surface area contributed by atoms with Crippen molar-refractivity contribution < 1.29 is 0 Å². The Morgan fingerprint density at radius 3 is 2.64 bits per heavy atom. The molecule has 0 heterocycles. The molecule has 0 aromatic rings. The molecule has 1 saturated carbocycles. The summed E-state index contributed by atoms with van der Waals surface area (Å²) in [5, 5.41) is 3.59. The Hall–Kier alpha value is -0.310. The molecule has 3 heteroatoms. The smallest absolute Gasteiger partial charge is 0.163 e. The fraction of sp³-hybridized carbons (Fsp3) is 0.875. The minimum absolute atomic E-state index is 0.448. The molecule has 0 aliphatic heterocycles. The van der Waals surface area contributed by atoms with Crippen molar-refractivity contribution in [1.29, 1.82) is 0 Å². The summed E-state index contributed by atoms with van der Waals surface area (Å²) in [5.74, 6) is 0.727. The van der Waals surface area contributed by atoms with Gasteiger partial charge in [0.05, 0.1) is 0 Å². The Bertz CT molecular complexity index is 147. The molecule has 11 heavy (non-hydrogen) atoms. The van der Waals surface area contributed by atoms with Gasteiger partial charge in [0, 0.05) is 6.04 Å². The quantitative estimate of drug-likeness (QED) is 0.587. The molecule has 0 saturated heterocycles. The largest absolute Gasteiger partial charge is 0.376 e. The summed E-state index contributed by atoms with van der Waals surface area (Å²) in [4.78, 5) is 0. The monoisotopic (exact) mass is 172 g/mol. The van der Waals surface area contributed by atoms with Crippen molar-refractivity contribution in [3.8, 4) is 0 Å². The minimum Gasteiger partial charge on any atom is -0.376 e. The second kappa shape index (κ2) is 3.90. The van der Waals surface area contributed by atoms with Gasteiger partial charge in [0.15, 0.2) is 5.11 Å². The fourth-order valence-electron chi connectivity index (χ4n) is 1.71. The first-order valence-electron chi connectivity index (χ1n) is 4.26. The van der Waals surface area contributed by atoms with Crippen LogP contribution in [0, 0.1) is 5.92 Å². The highest BCUT2D eigenvalue weighted by Crippen LogP contribution is 2.23. The minimum atomic E-state index is 0.448. The standard InChI is InChI=1S/C8H16N2S/c1-6-4-2-3-5-7(6)10-8(9)11/h6-7H,2-5H2,1H3,(H3,9,10,11). The first-order chi connectivity index (χ1) is 5.20. The third-order valence-electron chi connectivity index (χ3n) is 2.44. The molecule has 1 fully saturated rings. The van der Waals surface area contributed by atoms with Gasteiger partial charge in [-0.05, 0) is 31.0 Å². The summed E-state index contributed by atoms with van der Waals surface area (Å²) in [5.41, 5.74) is 5.41. The average molecular weight is 172 g/mol. The summed E-state index contributed by atoms with van der Waals surface area (Å²) in [7, 11) is 0. The zero-order valence-corrected chi connectivity index (χ0v) is 7.79. The summed E-state index contributed by atoms with van der Waals surface area (Å²) >= 11 is 4.80. The lowest BCUT2D eigenvalue weighted by Crippen LogP contribution is -2.43. The molecule has 1 aliphatic carbocycles. The van der Waals surface area contributed by atoms with Crippen molar-refractivity contribution in [2.75, 3.05) is 0 Å². The lowest BCUT2D eigenvalue weighted by atomic mass is 9.86. The number of thiocarbonyl (C=S) groups is 1. The molecule has 64 valence electrons. The number of nitrogens with one attached hydrogen (secondary N) is 1. The second-order valence-corrected chi connectivity index (χ2v) is 3.82. The molecule has 2 unspecified atom stereocenters. The maximum Gasteiger partial charge on any atom is 0.163 e. The van der Waals surface area contributed by atoms with Crippen molar-refractivity contribution in [1.82, 2.24) is 5.32 Å². The van der Waals surface area contributed by atoms with Crippen LogP contribution < -0.4 is 11.1 Å². The molecule has 3 N–H and O–H groups in total. The van der Waals surface area contributed by atoms with E-state index in [1.807, 2.05) is 0 Å². The van der Waals surface area contributed by atoms with E-state index in [0.717, 1.165) is 5.92 Å². The van der Waals surface area contributed by atoms with Crippen molar-refractivity contribution in [2.24, 2.45) is 11.7 Å². The number of nitrogens with two attached hydrogens (primary N) is 1. The van der Waals surface area contributed by atoms with Crippen molar-refractivity contribution in [3.63, 3.8) is 0 Å². The van der Waals surface area contributed by atoms with Crippen LogP contribution in [0.25, 0.3) is 0 Å². The highest BCUT2D eigenvalue weighted by Gasteiger charge is 2.20. The van der Waals surface area contributed by atoms with Gasteiger partial charge < -0.3 is 11.1 Å². The van der Waals surface area contributed by atoms with E-state index in [2.05, 4.69) is 12.2 Å². The molecule has 2 atom stereocenters. The van der Waals surface area contributed by atoms with E-state index in [1.54, 1.807) is 0 Å². The topological polar surface area (TPSA) is 38.0 Å². The predicted octanol–water partition coefficient (Wildman–Crippen LogP) is 1.40. The van der Waals surface area contributed by atoms with Crippen molar-refractivity contribution in [2.45, 2.75) is 38.6 Å². The summed E-state index contributed by atoms with van der Waals surface area (Å²) < 4.78 is 0. The predicted molar refractivity (Wildman–Crippen MR) is 51.3 cm³/mol. The average Bonchev–Trinajstić information content (AvgIpc) is 1.93. The van der Waals surface area contributed by atoms with E-state index in [0.29, 0.717) is 11.2 Å². The van der Waals surface area contributed by atoms with E-state index in [4.69, 9.17) is 18.0 Å². The van der Waals surface area contributed by atoms with E-state index in [1.165, 1.54) is 25.7 Å². The molecule has 0 bridgehead atoms. The first-order valence-corrected chi connectivity index (χ1v) is 4.67. The van der Waals surface area contributed by atoms with Crippen LogP contribution in [-0.4, -0.2) is 11.2 Å². The van der Waals surface area contributed by atoms with Gasteiger partial charge in [-0.2, -0.15) is 0 Å². The third kappa shape index (κ3) is 2.66. The highest BCUT2D eigenvalue weighted by atomic mass is 32.1. The summed E-state index contributed by atoms with van der Waals surface area (Å²) in [6.07, 6.45) is 5.19. The number of rotatable bonds is 1. The van der Waals surface area contributed by atoms with Crippen LogP contribution in [0.15, 0.2) is 0 Å². The van der Waals surface area contributed by atoms with Crippen LogP contribution in [0.4, 0.5) is 0 Å².